The topological polar surface area (TPSA) is 55.1 Å². The van der Waals surface area contributed by atoms with Gasteiger partial charge in [0.15, 0.2) is 0 Å². The first-order valence-corrected chi connectivity index (χ1v) is 6.35. The average molecular weight is 250 g/mol. The molecule has 1 aliphatic carbocycles. The van der Waals surface area contributed by atoms with Crippen molar-refractivity contribution in [1.82, 2.24) is 0 Å². The third kappa shape index (κ3) is 2.63. The van der Waals surface area contributed by atoms with Gasteiger partial charge < -0.3 is 11.1 Å². The number of nitrogens with two attached hydrogens (primary N) is 1. The molecule has 0 bridgehead atoms. The highest BCUT2D eigenvalue weighted by Crippen LogP contribution is 2.34. The summed E-state index contributed by atoms with van der Waals surface area (Å²) in [7, 11) is 0. The zero-order valence-corrected chi connectivity index (χ0v) is 10.6. The Morgan fingerprint density at radius 3 is 2.39 bits per heavy atom. The van der Waals surface area contributed by atoms with Gasteiger partial charge in [-0.2, -0.15) is 0 Å². The number of benzene rings is 1. The van der Waals surface area contributed by atoms with Crippen molar-refractivity contribution in [3.8, 4) is 0 Å². The smallest absolute Gasteiger partial charge is 0.243 e. The number of carbonyl (C=O) groups excluding carboxylic acids is 1. The van der Waals surface area contributed by atoms with Crippen LogP contribution in [-0.2, 0) is 4.79 Å². The molecule has 1 amide bonds. The van der Waals surface area contributed by atoms with Gasteiger partial charge in [-0.25, -0.2) is 4.39 Å². The Morgan fingerprint density at radius 1 is 1.33 bits per heavy atom. The van der Waals surface area contributed by atoms with E-state index in [1.807, 2.05) is 0 Å². The maximum Gasteiger partial charge on any atom is 0.243 e. The minimum atomic E-state index is -0.676. The molecule has 0 heterocycles. The zero-order chi connectivity index (χ0) is 13.2. The van der Waals surface area contributed by atoms with Crippen molar-refractivity contribution in [2.24, 2.45) is 11.7 Å². The van der Waals surface area contributed by atoms with Crippen molar-refractivity contribution >= 4 is 11.6 Å². The summed E-state index contributed by atoms with van der Waals surface area (Å²) in [5.41, 5.74) is 5.61. The predicted molar refractivity (Wildman–Crippen MR) is 69.6 cm³/mol. The molecule has 2 rings (SSSR count). The van der Waals surface area contributed by atoms with E-state index in [1.165, 1.54) is 12.1 Å². The molecule has 4 heteroatoms. The average Bonchev–Trinajstić information content (AvgIpc) is 2.35. The Bertz CT molecular complexity index is 422. The Labute approximate surface area is 107 Å². The van der Waals surface area contributed by atoms with Crippen molar-refractivity contribution < 1.29 is 9.18 Å². The Balaban J connectivity index is 2.16. The Morgan fingerprint density at radius 2 is 1.89 bits per heavy atom. The highest BCUT2D eigenvalue weighted by Gasteiger charge is 2.39. The number of hydrogen-bond acceptors (Lipinski definition) is 2. The molecule has 0 saturated heterocycles. The molecule has 1 saturated carbocycles. The summed E-state index contributed by atoms with van der Waals surface area (Å²) in [6.45, 7) is 2.18. The molecule has 1 aromatic rings. The maximum atomic E-state index is 12.9. The van der Waals surface area contributed by atoms with Gasteiger partial charge in [0.2, 0.25) is 5.91 Å². The molecule has 0 radical (unpaired) electrons. The van der Waals surface area contributed by atoms with E-state index < -0.39 is 5.54 Å². The highest BCUT2D eigenvalue weighted by molar-refractivity contribution is 5.88. The SMILES string of the molecule is CC1CCC(Nc2ccc(F)cc2)(C(N)=O)CC1. The second-order valence-electron chi connectivity index (χ2n) is 5.26. The molecule has 0 atom stereocenters. The molecular weight excluding hydrogens is 231 g/mol. The molecule has 1 fully saturated rings. The van der Waals surface area contributed by atoms with Crippen molar-refractivity contribution in [3.63, 3.8) is 0 Å². The zero-order valence-electron chi connectivity index (χ0n) is 10.6. The van der Waals surface area contributed by atoms with Crippen LogP contribution < -0.4 is 11.1 Å². The summed E-state index contributed by atoms with van der Waals surface area (Å²) in [6, 6.07) is 6.03. The summed E-state index contributed by atoms with van der Waals surface area (Å²) < 4.78 is 12.9. The van der Waals surface area contributed by atoms with E-state index >= 15 is 0 Å². The van der Waals surface area contributed by atoms with Gasteiger partial charge in [-0.15, -0.1) is 0 Å². The minimum Gasteiger partial charge on any atom is -0.371 e. The van der Waals surface area contributed by atoms with Gasteiger partial charge in [0, 0.05) is 5.69 Å². The second kappa shape index (κ2) is 4.96. The van der Waals surface area contributed by atoms with Crippen molar-refractivity contribution in [1.29, 1.82) is 0 Å². The lowest BCUT2D eigenvalue weighted by molar-refractivity contribution is -0.123. The molecule has 18 heavy (non-hydrogen) atoms. The molecule has 98 valence electrons. The third-order valence-electron chi connectivity index (χ3n) is 3.83. The minimum absolute atomic E-state index is 0.286. The van der Waals surface area contributed by atoms with E-state index in [9.17, 15) is 9.18 Å². The molecule has 0 spiro atoms. The lowest BCUT2D eigenvalue weighted by Crippen LogP contribution is -2.52. The van der Waals surface area contributed by atoms with E-state index in [-0.39, 0.29) is 11.7 Å². The number of rotatable bonds is 3. The number of halogens is 1. The number of primary amides is 1. The van der Waals surface area contributed by atoms with Gasteiger partial charge in [0.25, 0.3) is 0 Å². The number of nitrogens with one attached hydrogen (secondary N) is 1. The normalized spacial score (nSPS) is 27.8. The van der Waals surface area contributed by atoms with Crippen LogP contribution in [0.5, 0.6) is 0 Å². The lowest BCUT2D eigenvalue weighted by Gasteiger charge is -2.38. The molecule has 0 unspecified atom stereocenters. The van der Waals surface area contributed by atoms with Crippen LogP contribution in [0.2, 0.25) is 0 Å². The van der Waals surface area contributed by atoms with Crippen molar-refractivity contribution in [3.05, 3.63) is 30.1 Å². The predicted octanol–water partition coefficient (Wildman–Crippen LogP) is 2.67. The first kappa shape index (κ1) is 12.9. The second-order valence-corrected chi connectivity index (χ2v) is 5.26. The van der Waals surface area contributed by atoms with E-state index in [0.717, 1.165) is 31.4 Å². The monoisotopic (exact) mass is 250 g/mol. The van der Waals surface area contributed by atoms with Crippen LogP contribution in [0.15, 0.2) is 24.3 Å². The van der Waals surface area contributed by atoms with Crippen LogP contribution in [0.4, 0.5) is 10.1 Å². The van der Waals surface area contributed by atoms with Gasteiger partial charge in [-0.3, -0.25) is 4.79 Å². The molecule has 0 aromatic heterocycles. The van der Waals surface area contributed by atoms with E-state index in [2.05, 4.69) is 12.2 Å². The largest absolute Gasteiger partial charge is 0.371 e. The van der Waals surface area contributed by atoms with Crippen LogP contribution in [0.25, 0.3) is 0 Å². The molecular formula is C14H19FN2O. The van der Waals surface area contributed by atoms with E-state index in [1.54, 1.807) is 12.1 Å². The Hall–Kier alpha value is -1.58. The van der Waals surface area contributed by atoms with Gasteiger partial charge in [-0.05, 0) is 55.9 Å². The van der Waals surface area contributed by atoms with Crippen LogP contribution in [0, 0.1) is 11.7 Å². The van der Waals surface area contributed by atoms with Crippen molar-refractivity contribution in [2.45, 2.75) is 38.1 Å². The summed E-state index contributed by atoms with van der Waals surface area (Å²) in [5, 5.41) is 3.20. The highest BCUT2D eigenvalue weighted by atomic mass is 19.1. The van der Waals surface area contributed by atoms with Gasteiger partial charge in [0.05, 0.1) is 0 Å². The molecule has 3 N–H and O–H groups in total. The number of amides is 1. The van der Waals surface area contributed by atoms with Gasteiger partial charge in [-0.1, -0.05) is 6.92 Å². The van der Waals surface area contributed by atoms with Gasteiger partial charge in [0.1, 0.15) is 11.4 Å². The standard InChI is InChI=1S/C14H19FN2O/c1-10-6-8-14(9-7-10,13(16)18)17-12-4-2-11(15)3-5-12/h2-5,10,17H,6-9H2,1H3,(H2,16,18). The third-order valence-corrected chi connectivity index (χ3v) is 3.83. The van der Waals surface area contributed by atoms with Gasteiger partial charge >= 0.3 is 0 Å². The fraction of sp³-hybridized carbons (Fsp3) is 0.500. The summed E-state index contributed by atoms with van der Waals surface area (Å²) in [6.07, 6.45) is 3.44. The summed E-state index contributed by atoms with van der Waals surface area (Å²) in [4.78, 5) is 11.7. The van der Waals surface area contributed by atoms with E-state index in [4.69, 9.17) is 5.73 Å². The number of carbonyl (C=O) groups is 1. The summed E-state index contributed by atoms with van der Waals surface area (Å²) in [5.74, 6) is 0.0251. The van der Waals surface area contributed by atoms with Crippen LogP contribution in [0.1, 0.15) is 32.6 Å². The Kier molecular flexibility index (Phi) is 3.55. The lowest BCUT2D eigenvalue weighted by atomic mass is 9.76. The molecule has 3 nitrogen and oxygen atoms in total. The fourth-order valence-corrected chi connectivity index (χ4v) is 2.50. The quantitative estimate of drug-likeness (QED) is 0.866. The van der Waals surface area contributed by atoms with Crippen LogP contribution in [0.3, 0.4) is 0 Å². The first-order chi connectivity index (χ1) is 8.52. The molecule has 1 aromatic carbocycles. The molecule has 1 aliphatic rings. The van der Waals surface area contributed by atoms with Crippen LogP contribution >= 0.6 is 0 Å². The van der Waals surface area contributed by atoms with Crippen molar-refractivity contribution in [2.75, 3.05) is 5.32 Å². The fourth-order valence-electron chi connectivity index (χ4n) is 2.50. The maximum absolute atomic E-state index is 12.9. The number of hydrogen-bond donors (Lipinski definition) is 2. The first-order valence-electron chi connectivity index (χ1n) is 6.35. The summed E-state index contributed by atoms with van der Waals surface area (Å²) >= 11 is 0. The molecule has 0 aliphatic heterocycles. The van der Waals surface area contributed by atoms with Crippen LogP contribution in [-0.4, -0.2) is 11.4 Å². The van der Waals surface area contributed by atoms with E-state index in [0.29, 0.717) is 5.92 Å². The number of anilines is 1.